The lowest BCUT2D eigenvalue weighted by Gasteiger charge is -2.35. The van der Waals surface area contributed by atoms with E-state index in [0.717, 1.165) is 34.3 Å². The normalized spacial score (nSPS) is 21.1. The first kappa shape index (κ1) is 22.5. The molecule has 168 valence electrons. The molecule has 2 aliphatic heterocycles. The number of likely N-dealkylation sites (tertiary alicyclic amines) is 2. The smallest absolute Gasteiger partial charge is 0.250 e. The van der Waals surface area contributed by atoms with E-state index in [1.165, 1.54) is 4.90 Å². The van der Waals surface area contributed by atoms with Gasteiger partial charge in [-0.2, -0.15) is 4.72 Å². The van der Waals surface area contributed by atoms with Crippen molar-refractivity contribution in [2.75, 3.05) is 26.2 Å². The SMILES string of the molecule is CC1CCN(C(=O)CN2CCCC(NS(=O)(=O)c3cc4ccc(Cl)cc4s3)C2=O)CC1. The fraction of sp³-hybridized carbons (Fsp3) is 0.524. The summed E-state index contributed by atoms with van der Waals surface area (Å²) in [5.74, 6) is 0.215. The Morgan fingerprint density at radius 1 is 1.19 bits per heavy atom. The molecule has 0 saturated carbocycles. The maximum atomic E-state index is 12.9. The van der Waals surface area contributed by atoms with Gasteiger partial charge in [-0.3, -0.25) is 9.59 Å². The lowest BCUT2D eigenvalue weighted by atomic mass is 9.99. The first-order valence-corrected chi connectivity index (χ1v) is 13.2. The van der Waals surface area contributed by atoms with Crippen LogP contribution in [0.2, 0.25) is 5.02 Å². The number of amides is 2. The Labute approximate surface area is 191 Å². The fourth-order valence-electron chi connectivity index (χ4n) is 4.09. The Bertz CT molecular complexity index is 1090. The number of hydrogen-bond donors (Lipinski definition) is 1. The Kier molecular flexibility index (Phi) is 6.57. The Balaban J connectivity index is 1.43. The van der Waals surface area contributed by atoms with E-state index in [0.29, 0.717) is 43.4 Å². The summed E-state index contributed by atoms with van der Waals surface area (Å²) >= 11 is 7.12. The van der Waals surface area contributed by atoms with Crippen LogP contribution in [0.1, 0.15) is 32.6 Å². The molecule has 1 unspecified atom stereocenters. The van der Waals surface area contributed by atoms with Gasteiger partial charge in [-0.05, 0) is 55.2 Å². The second-order valence-corrected chi connectivity index (χ2v) is 11.8. The summed E-state index contributed by atoms with van der Waals surface area (Å²) in [4.78, 5) is 28.9. The second-order valence-electron chi connectivity index (χ2n) is 8.39. The van der Waals surface area contributed by atoms with E-state index in [2.05, 4.69) is 11.6 Å². The van der Waals surface area contributed by atoms with E-state index in [1.54, 1.807) is 24.3 Å². The van der Waals surface area contributed by atoms with Crippen molar-refractivity contribution in [2.45, 2.75) is 42.9 Å². The van der Waals surface area contributed by atoms with E-state index >= 15 is 0 Å². The zero-order valence-electron chi connectivity index (χ0n) is 17.3. The van der Waals surface area contributed by atoms with Gasteiger partial charge in [0, 0.05) is 29.4 Å². The number of benzene rings is 1. The van der Waals surface area contributed by atoms with Gasteiger partial charge < -0.3 is 9.80 Å². The molecule has 7 nitrogen and oxygen atoms in total. The molecule has 1 aromatic heterocycles. The average Bonchev–Trinajstić information content (AvgIpc) is 3.15. The summed E-state index contributed by atoms with van der Waals surface area (Å²) in [6.07, 6.45) is 3.01. The summed E-state index contributed by atoms with van der Waals surface area (Å²) in [6, 6.07) is 5.93. The van der Waals surface area contributed by atoms with Crippen LogP contribution in [-0.2, 0) is 19.6 Å². The van der Waals surface area contributed by atoms with E-state index in [-0.39, 0.29) is 22.6 Å². The molecule has 4 rings (SSSR count). The fourth-order valence-corrected chi connectivity index (χ4v) is 7.00. The van der Waals surface area contributed by atoms with Crippen LogP contribution in [0.25, 0.3) is 10.1 Å². The number of halogens is 1. The van der Waals surface area contributed by atoms with Gasteiger partial charge in [-0.25, -0.2) is 8.42 Å². The quantitative estimate of drug-likeness (QED) is 0.708. The van der Waals surface area contributed by atoms with Gasteiger partial charge in [0.2, 0.25) is 11.8 Å². The highest BCUT2D eigenvalue weighted by Crippen LogP contribution is 2.31. The van der Waals surface area contributed by atoms with E-state index in [4.69, 9.17) is 11.6 Å². The van der Waals surface area contributed by atoms with Crippen LogP contribution in [0.15, 0.2) is 28.5 Å². The third-order valence-electron chi connectivity index (χ3n) is 6.01. The van der Waals surface area contributed by atoms with Crippen molar-refractivity contribution in [3.05, 3.63) is 29.3 Å². The maximum absolute atomic E-state index is 12.9. The zero-order chi connectivity index (χ0) is 22.2. The topological polar surface area (TPSA) is 86.8 Å². The van der Waals surface area contributed by atoms with Crippen molar-refractivity contribution in [3.63, 3.8) is 0 Å². The third kappa shape index (κ3) is 5.05. The number of nitrogens with one attached hydrogen (secondary N) is 1. The molecule has 2 aliphatic rings. The summed E-state index contributed by atoms with van der Waals surface area (Å²) < 4.78 is 29.3. The predicted octanol–water partition coefficient (Wildman–Crippen LogP) is 3.08. The monoisotopic (exact) mass is 483 g/mol. The molecular weight excluding hydrogens is 458 g/mol. The van der Waals surface area contributed by atoms with Crippen LogP contribution in [0.5, 0.6) is 0 Å². The maximum Gasteiger partial charge on any atom is 0.250 e. The van der Waals surface area contributed by atoms with Gasteiger partial charge in [-0.15, -0.1) is 11.3 Å². The molecule has 2 saturated heterocycles. The van der Waals surface area contributed by atoms with Crippen LogP contribution >= 0.6 is 22.9 Å². The van der Waals surface area contributed by atoms with Gasteiger partial charge in [0.05, 0.1) is 6.54 Å². The molecule has 0 aliphatic carbocycles. The molecule has 0 bridgehead atoms. The molecule has 1 atom stereocenters. The molecule has 1 aromatic carbocycles. The van der Waals surface area contributed by atoms with E-state index in [1.807, 2.05) is 4.90 Å². The van der Waals surface area contributed by atoms with Crippen LogP contribution in [-0.4, -0.2) is 62.3 Å². The minimum Gasteiger partial charge on any atom is -0.341 e. The van der Waals surface area contributed by atoms with Crippen LogP contribution in [0.3, 0.4) is 0 Å². The van der Waals surface area contributed by atoms with Crippen molar-refractivity contribution in [2.24, 2.45) is 5.92 Å². The minimum absolute atomic E-state index is 0.00677. The number of carbonyl (C=O) groups is 2. The number of rotatable bonds is 5. The van der Waals surface area contributed by atoms with E-state index in [9.17, 15) is 18.0 Å². The molecule has 1 N–H and O–H groups in total. The van der Waals surface area contributed by atoms with Gasteiger partial charge in [-0.1, -0.05) is 24.6 Å². The Hall–Kier alpha value is -1.68. The standard InChI is InChI=1S/C21H26ClN3O4S2/c1-14-6-9-24(10-7-14)19(26)13-25-8-2-3-17(21(25)27)23-31(28,29)20-11-15-4-5-16(22)12-18(15)30-20/h4-5,11-12,14,17,23H,2-3,6-10,13H2,1H3. The molecule has 0 spiro atoms. The number of hydrogen-bond acceptors (Lipinski definition) is 5. The number of nitrogens with zero attached hydrogens (tertiary/aromatic N) is 2. The summed E-state index contributed by atoms with van der Waals surface area (Å²) in [5, 5.41) is 1.32. The largest absolute Gasteiger partial charge is 0.341 e. The molecule has 2 aromatic rings. The Morgan fingerprint density at radius 2 is 1.94 bits per heavy atom. The van der Waals surface area contributed by atoms with Crippen LogP contribution in [0.4, 0.5) is 0 Å². The van der Waals surface area contributed by atoms with Crippen molar-refractivity contribution in [3.8, 4) is 0 Å². The van der Waals surface area contributed by atoms with Crippen LogP contribution in [0, 0.1) is 5.92 Å². The molecular formula is C21H26ClN3O4S2. The van der Waals surface area contributed by atoms with Gasteiger partial charge in [0.1, 0.15) is 10.3 Å². The molecule has 10 heteroatoms. The first-order chi connectivity index (χ1) is 14.7. The van der Waals surface area contributed by atoms with Gasteiger partial charge in [0.25, 0.3) is 10.0 Å². The summed E-state index contributed by atoms with van der Waals surface area (Å²) in [5.41, 5.74) is 0. The lowest BCUT2D eigenvalue weighted by Crippen LogP contribution is -2.55. The highest BCUT2D eigenvalue weighted by molar-refractivity contribution is 7.91. The predicted molar refractivity (Wildman–Crippen MR) is 122 cm³/mol. The molecule has 31 heavy (non-hydrogen) atoms. The molecule has 2 amide bonds. The number of carbonyl (C=O) groups excluding carboxylic acids is 2. The van der Waals surface area contributed by atoms with Crippen molar-refractivity contribution < 1.29 is 18.0 Å². The number of thiophene rings is 1. The van der Waals surface area contributed by atoms with Crippen LogP contribution < -0.4 is 4.72 Å². The Morgan fingerprint density at radius 3 is 2.68 bits per heavy atom. The lowest BCUT2D eigenvalue weighted by molar-refractivity contribution is -0.143. The second kappa shape index (κ2) is 9.05. The first-order valence-electron chi connectivity index (χ1n) is 10.5. The highest BCUT2D eigenvalue weighted by atomic mass is 35.5. The molecule has 3 heterocycles. The number of sulfonamides is 1. The summed E-state index contributed by atoms with van der Waals surface area (Å²) in [6.45, 7) is 4.08. The van der Waals surface area contributed by atoms with Gasteiger partial charge in [0.15, 0.2) is 0 Å². The zero-order valence-corrected chi connectivity index (χ0v) is 19.7. The third-order valence-corrected chi connectivity index (χ3v) is 9.29. The number of fused-ring (bicyclic) bond motifs is 1. The van der Waals surface area contributed by atoms with Crippen molar-refractivity contribution in [1.29, 1.82) is 0 Å². The number of piperidine rings is 2. The van der Waals surface area contributed by atoms with Crippen molar-refractivity contribution >= 4 is 54.9 Å². The summed E-state index contributed by atoms with van der Waals surface area (Å²) in [7, 11) is -3.86. The van der Waals surface area contributed by atoms with Gasteiger partial charge >= 0.3 is 0 Å². The van der Waals surface area contributed by atoms with E-state index < -0.39 is 16.1 Å². The molecule has 0 radical (unpaired) electrons. The average molecular weight is 484 g/mol. The molecule has 2 fully saturated rings. The van der Waals surface area contributed by atoms with Crippen molar-refractivity contribution in [1.82, 2.24) is 14.5 Å². The highest BCUT2D eigenvalue weighted by Gasteiger charge is 2.34. The minimum atomic E-state index is -3.86.